The van der Waals surface area contributed by atoms with Gasteiger partial charge < -0.3 is 9.47 Å². The summed E-state index contributed by atoms with van der Waals surface area (Å²) in [7, 11) is -0.349. The summed E-state index contributed by atoms with van der Waals surface area (Å²) < 4.78 is 11.9. The average molecular weight is 451 g/mol. The van der Waals surface area contributed by atoms with Crippen LogP contribution in [0.1, 0.15) is 66.0 Å². The molecule has 3 nitrogen and oxygen atoms in total. The molecule has 1 atom stereocenters. The van der Waals surface area contributed by atoms with E-state index in [0.717, 1.165) is 22.6 Å². The third kappa shape index (κ3) is 3.73. The molecule has 1 heterocycles. The van der Waals surface area contributed by atoms with Crippen LogP contribution in [0.5, 0.6) is 11.5 Å². The molecule has 1 unspecified atom stereocenters. The molecule has 0 saturated heterocycles. The van der Waals surface area contributed by atoms with E-state index in [1.54, 1.807) is 7.11 Å². The van der Waals surface area contributed by atoms with Crippen LogP contribution < -0.4 is 9.47 Å². The standard InChI is InChI=1S/C28H38O3Si/c1-9-28(22-13-11-10-12-14-22)24-17-23(30-8)15-16-25(24)31-26(27(28)29)18-32(19(2)3,20(4)5)21(6)7/h10-21H,9H2,1-8H3/b26-18-. The minimum atomic E-state index is -2.00. The molecule has 32 heavy (non-hydrogen) atoms. The van der Waals surface area contributed by atoms with Crippen molar-refractivity contribution in [1.82, 2.24) is 0 Å². The van der Waals surface area contributed by atoms with Crippen molar-refractivity contribution >= 4 is 13.9 Å². The molecule has 172 valence electrons. The number of allylic oxidation sites excluding steroid dienone is 1. The third-order valence-corrected chi connectivity index (χ3v) is 14.4. The summed E-state index contributed by atoms with van der Waals surface area (Å²) in [4.78, 5) is 14.4. The lowest BCUT2D eigenvalue weighted by Crippen LogP contribution is -2.47. The molecule has 0 N–H and O–H groups in total. The van der Waals surface area contributed by atoms with Crippen molar-refractivity contribution in [3.05, 3.63) is 71.1 Å². The van der Waals surface area contributed by atoms with Crippen LogP contribution in [0.3, 0.4) is 0 Å². The fourth-order valence-electron chi connectivity index (χ4n) is 5.94. The molecule has 0 saturated carbocycles. The minimum Gasteiger partial charge on any atom is -0.497 e. The highest BCUT2D eigenvalue weighted by Gasteiger charge is 2.50. The van der Waals surface area contributed by atoms with Crippen molar-refractivity contribution in [1.29, 1.82) is 0 Å². The van der Waals surface area contributed by atoms with E-state index in [2.05, 4.69) is 66.3 Å². The molecular formula is C28H38O3Si. The van der Waals surface area contributed by atoms with E-state index in [-0.39, 0.29) is 5.78 Å². The number of hydrogen-bond donors (Lipinski definition) is 0. The van der Waals surface area contributed by atoms with E-state index in [4.69, 9.17) is 9.47 Å². The highest BCUT2D eigenvalue weighted by Crippen LogP contribution is 2.50. The van der Waals surface area contributed by atoms with Crippen molar-refractivity contribution in [2.24, 2.45) is 0 Å². The van der Waals surface area contributed by atoms with Crippen LogP contribution in [0, 0.1) is 0 Å². The summed E-state index contributed by atoms with van der Waals surface area (Å²) in [6, 6.07) is 16.0. The number of hydrogen-bond acceptors (Lipinski definition) is 3. The van der Waals surface area contributed by atoms with Gasteiger partial charge in [-0.05, 0) is 52.5 Å². The normalized spacial score (nSPS) is 20.1. The Kier molecular flexibility index (Phi) is 7.04. The molecular weight excluding hydrogens is 412 g/mol. The van der Waals surface area contributed by atoms with Gasteiger partial charge in [0.25, 0.3) is 0 Å². The summed E-state index contributed by atoms with van der Waals surface area (Å²) >= 11 is 0. The fraction of sp³-hybridized carbons (Fsp3) is 0.464. The maximum Gasteiger partial charge on any atom is 0.212 e. The molecule has 0 fully saturated rings. The van der Waals surface area contributed by atoms with Gasteiger partial charge in [-0.3, -0.25) is 4.79 Å². The zero-order valence-corrected chi connectivity index (χ0v) is 21.9. The Labute approximate surface area is 194 Å². The van der Waals surface area contributed by atoms with Crippen molar-refractivity contribution in [3.8, 4) is 11.5 Å². The monoisotopic (exact) mass is 450 g/mol. The van der Waals surface area contributed by atoms with E-state index in [9.17, 15) is 4.79 Å². The highest BCUT2D eigenvalue weighted by atomic mass is 28.3. The first-order chi connectivity index (χ1) is 15.1. The molecule has 0 bridgehead atoms. The lowest BCUT2D eigenvalue weighted by Gasteiger charge is -2.43. The Balaban J connectivity index is 2.34. The summed E-state index contributed by atoms with van der Waals surface area (Å²) in [6.07, 6.45) is 0.649. The highest BCUT2D eigenvalue weighted by molar-refractivity contribution is 6.88. The average Bonchev–Trinajstić information content (AvgIpc) is 2.77. The predicted octanol–water partition coefficient (Wildman–Crippen LogP) is 7.45. The van der Waals surface area contributed by atoms with Crippen molar-refractivity contribution in [2.45, 2.75) is 76.9 Å². The predicted molar refractivity (Wildman–Crippen MR) is 135 cm³/mol. The largest absolute Gasteiger partial charge is 0.497 e. The molecule has 2 aromatic rings. The lowest BCUT2D eigenvalue weighted by atomic mass is 9.67. The molecule has 1 aliphatic heterocycles. The van der Waals surface area contributed by atoms with Gasteiger partial charge in [0.05, 0.1) is 20.6 Å². The van der Waals surface area contributed by atoms with Crippen LogP contribution in [-0.2, 0) is 10.2 Å². The van der Waals surface area contributed by atoms with Gasteiger partial charge in [0.2, 0.25) is 5.78 Å². The van der Waals surface area contributed by atoms with Crippen molar-refractivity contribution < 1.29 is 14.3 Å². The molecule has 1 aliphatic rings. The Hall–Kier alpha value is -2.33. The van der Waals surface area contributed by atoms with E-state index >= 15 is 0 Å². The van der Waals surface area contributed by atoms with E-state index in [0.29, 0.717) is 28.8 Å². The van der Waals surface area contributed by atoms with Crippen LogP contribution >= 0.6 is 0 Å². The number of methoxy groups -OCH3 is 1. The molecule has 0 amide bonds. The maximum atomic E-state index is 14.4. The number of benzene rings is 2. The zero-order valence-electron chi connectivity index (χ0n) is 20.9. The van der Waals surface area contributed by atoms with Gasteiger partial charge in [-0.2, -0.15) is 0 Å². The van der Waals surface area contributed by atoms with Gasteiger partial charge >= 0.3 is 0 Å². The number of ether oxygens (including phenoxy) is 2. The number of carbonyl (C=O) groups excluding carboxylic acids is 1. The molecule has 0 aromatic heterocycles. The first-order valence-electron chi connectivity index (χ1n) is 11.8. The lowest BCUT2D eigenvalue weighted by molar-refractivity contribution is -0.122. The van der Waals surface area contributed by atoms with Gasteiger partial charge in [0.1, 0.15) is 11.5 Å². The summed E-state index contributed by atoms with van der Waals surface area (Å²) in [5.41, 5.74) is 4.88. The van der Waals surface area contributed by atoms with Gasteiger partial charge in [0, 0.05) is 5.56 Å². The van der Waals surface area contributed by atoms with Crippen LogP contribution in [-0.4, -0.2) is 21.0 Å². The van der Waals surface area contributed by atoms with Crippen LogP contribution in [0.2, 0.25) is 16.6 Å². The van der Waals surface area contributed by atoms with E-state index in [1.807, 2.05) is 36.4 Å². The molecule has 4 heteroatoms. The Morgan fingerprint density at radius 2 is 1.56 bits per heavy atom. The summed E-state index contributed by atoms with van der Waals surface area (Å²) in [5.74, 6) is 2.07. The fourth-order valence-corrected chi connectivity index (χ4v) is 11.6. The number of fused-ring (bicyclic) bond motifs is 1. The minimum absolute atomic E-state index is 0.0609. The van der Waals surface area contributed by atoms with Crippen LogP contribution in [0.4, 0.5) is 0 Å². The number of carbonyl (C=O) groups is 1. The van der Waals surface area contributed by atoms with Gasteiger partial charge in [-0.25, -0.2) is 0 Å². The smallest absolute Gasteiger partial charge is 0.212 e. The molecule has 2 aromatic carbocycles. The second-order valence-electron chi connectivity index (χ2n) is 9.89. The summed E-state index contributed by atoms with van der Waals surface area (Å²) in [6.45, 7) is 15.9. The summed E-state index contributed by atoms with van der Waals surface area (Å²) in [5, 5.41) is 0. The molecule has 0 radical (unpaired) electrons. The molecule has 0 spiro atoms. The first kappa shape index (κ1) is 24.3. The van der Waals surface area contributed by atoms with Crippen molar-refractivity contribution in [3.63, 3.8) is 0 Å². The maximum absolute atomic E-state index is 14.4. The van der Waals surface area contributed by atoms with Crippen molar-refractivity contribution in [2.75, 3.05) is 7.11 Å². The van der Waals surface area contributed by atoms with Gasteiger partial charge in [-0.1, -0.05) is 78.8 Å². The molecule has 0 aliphatic carbocycles. The topological polar surface area (TPSA) is 35.5 Å². The third-order valence-electron chi connectivity index (χ3n) is 7.66. The number of Topliss-reactive ketones (excluding diaryl/α,β-unsaturated/α-hetero) is 1. The second-order valence-corrected chi connectivity index (χ2v) is 15.6. The Morgan fingerprint density at radius 3 is 2.06 bits per heavy atom. The Morgan fingerprint density at radius 1 is 0.969 bits per heavy atom. The van der Waals surface area contributed by atoms with Gasteiger partial charge in [-0.15, -0.1) is 0 Å². The quantitative estimate of drug-likeness (QED) is 0.324. The second kappa shape index (κ2) is 9.26. The van der Waals surface area contributed by atoms with E-state index < -0.39 is 13.5 Å². The number of rotatable bonds is 7. The number of ketones is 1. The zero-order chi connectivity index (χ0) is 23.7. The first-order valence-corrected chi connectivity index (χ1v) is 14.2. The van der Waals surface area contributed by atoms with Crippen LogP contribution in [0.15, 0.2) is 60.0 Å². The SMILES string of the molecule is CCC1(c2ccccc2)C(=O)/C(=C/[Si](C(C)C)(C(C)C)C(C)C)Oc2ccc(OC)cc21. The van der Waals surface area contributed by atoms with E-state index in [1.165, 1.54) is 0 Å². The van der Waals surface area contributed by atoms with Gasteiger partial charge in [0.15, 0.2) is 5.76 Å². The molecule has 3 rings (SSSR count). The van der Waals surface area contributed by atoms with Crippen LogP contribution in [0.25, 0.3) is 0 Å². The Bertz CT molecular complexity index is 969.